The van der Waals surface area contributed by atoms with E-state index in [9.17, 15) is 18.0 Å². The predicted molar refractivity (Wildman–Crippen MR) is 52.8 cm³/mol. The minimum absolute atomic E-state index is 0.0436. The number of alkyl halides is 3. The minimum atomic E-state index is -4.41. The van der Waals surface area contributed by atoms with Crippen LogP contribution in [0, 0.1) is 0 Å². The van der Waals surface area contributed by atoms with E-state index in [0.29, 0.717) is 11.3 Å². The van der Waals surface area contributed by atoms with E-state index in [1.807, 2.05) is 0 Å². The lowest BCUT2D eigenvalue weighted by Gasteiger charge is -2.20. The molecule has 2 rings (SSSR count). The number of amides is 1. The van der Waals surface area contributed by atoms with Gasteiger partial charge in [0.15, 0.2) is 0 Å². The molecule has 0 aliphatic carbocycles. The molecular weight excluding hydrogens is 221 g/mol. The van der Waals surface area contributed by atoms with Gasteiger partial charge >= 0.3 is 6.18 Å². The number of anilines is 2. The Morgan fingerprint density at radius 2 is 1.94 bits per heavy atom. The molecule has 0 saturated heterocycles. The third kappa shape index (κ3) is 1.82. The van der Waals surface area contributed by atoms with Crippen LogP contribution >= 0.6 is 0 Å². The molecule has 0 atom stereocenters. The van der Waals surface area contributed by atoms with Gasteiger partial charge in [0.25, 0.3) is 0 Å². The third-order valence-electron chi connectivity index (χ3n) is 2.46. The van der Waals surface area contributed by atoms with Crippen molar-refractivity contribution in [1.82, 2.24) is 0 Å². The molecule has 0 saturated carbocycles. The molecule has 1 amide bonds. The highest BCUT2D eigenvalue weighted by Gasteiger charge is 2.32. The maximum Gasteiger partial charge on any atom is 0.416 e. The lowest BCUT2D eigenvalue weighted by molar-refractivity contribution is -0.137. The Kier molecular flexibility index (Phi) is 2.29. The molecule has 6 heteroatoms. The van der Waals surface area contributed by atoms with Gasteiger partial charge in [-0.25, -0.2) is 0 Å². The summed E-state index contributed by atoms with van der Waals surface area (Å²) in [5, 5.41) is 2.48. The van der Waals surface area contributed by atoms with E-state index in [1.54, 1.807) is 0 Å². The van der Waals surface area contributed by atoms with E-state index in [2.05, 4.69) is 5.32 Å². The second kappa shape index (κ2) is 3.40. The highest BCUT2D eigenvalue weighted by atomic mass is 19.4. The molecule has 0 aromatic heterocycles. The van der Waals surface area contributed by atoms with Crippen molar-refractivity contribution in [3.63, 3.8) is 0 Å². The number of rotatable bonds is 0. The van der Waals surface area contributed by atoms with Gasteiger partial charge in [-0.1, -0.05) is 0 Å². The molecule has 86 valence electrons. The Labute approximate surface area is 89.4 Å². The van der Waals surface area contributed by atoms with Gasteiger partial charge in [-0.15, -0.1) is 0 Å². The lowest BCUT2D eigenvalue weighted by atomic mass is 9.99. The van der Waals surface area contributed by atoms with Gasteiger partial charge in [-0.05, 0) is 24.1 Å². The van der Waals surface area contributed by atoms with E-state index in [1.165, 1.54) is 0 Å². The van der Waals surface area contributed by atoms with Crippen LogP contribution in [0.3, 0.4) is 0 Å². The molecule has 0 unspecified atom stereocenters. The summed E-state index contributed by atoms with van der Waals surface area (Å²) in [6, 6.07) is 1.87. The average Bonchev–Trinajstić information content (AvgIpc) is 2.17. The highest BCUT2D eigenvalue weighted by molar-refractivity contribution is 5.97. The van der Waals surface area contributed by atoms with E-state index >= 15 is 0 Å². The molecule has 16 heavy (non-hydrogen) atoms. The second-order valence-corrected chi connectivity index (χ2v) is 3.65. The van der Waals surface area contributed by atoms with Crippen LogP contribution < -0.4 is 11.1 Å². The van der Waals surface area contributed by atoms with Crippen molar-refractivity contribution >= 4 is 17.3 Å². The van der Waals surface area contributed by atoms with Crippen LogP contribution in [-0.2, 0) is 17.4 Å². The Morgan fingerprint density at radius 1 is 1.25 bits per heavy atom. The van der Waals surface area contributed by atoms with Crippen molar-refractivity contribution in [2.75, 3.05) is 11.1 Å². The Bertz CT molecular complexity index is 454. The molecule has 0 spiro atoms. The topological polar surface area (TPSA) is 55.1 Å². The van der Waals surface area contributed by atoms with Gasteiger partial charge in [-0.3, -0.25) is 4.79 Å². The van der Waals surface area contributed by atoms with Gasteiger partial charge in [0.1, 0.15) is 0 Å². The molecule has 1 aliphatic rings. The molecular formula is C10H9F3N2O. The van der Waals surface area contributed by atoms with Gasteiger partial charge in [0.2, 0.25) is 5.91 Å². The van der Waals surface area contributed by atoms with Gasteiger partial charge in [0.05, 0.1) is 16.9 Å². The summed E-state index contributed by atoms with van der Waals surface area (Å²) in [5.41, 5.74) is 5.41. The van der Waals surface area contributed by atoms with Crippen LogP contribution in [0.4, 0.5) is 24.5 Å². The fourth-order valence-corrected chi connectivity index (χ4v) is 1.69. The number of fused-ring (bicyclic) bond motifs is 1. The number of nitrogen functional groups attached to an aromatic ring is 1. The first-order valence-electron chi connectivity index (χ1n) is 4.67. The SMILES string of the molecule is Nc1cc(C(F)(F)F)cc2c1NC(=O)CC2. The van der Waals surface area contributed by atoms with Crippen molar-refractivity contribution in [2.45, 2.75) is 19.0 Å². The monoisotopic (exact) mass is 230 g/mol. The fourth-order valence-electron chi connectivity index (χ4n) is 1.69. The Morgan fingerprint density at radius 3 is 2.56 bits per heavy atom. The van der Waals surface area contributed by atoms with Crippen LogP contribution in [0.2, 0.25) is 0 Å². The first kappa shape index (κ1) is 10.8. The molecule has 0 bridgehead atoms. The smallest absolute Gasteiger partial charge is 0.397 e. The number of hydrogen-bond acceptors (Lipinski definition) is 2. The zero-order valence-electron chi connectivity index (χ0n) is 8.19. The van der Waals surface area contributed by atoms with Gasteiger partial charge in [-0.2, -0.15) is 13.2 Å². The third-order valence-corrected chi connectivity index (χ3v) is 2.46. The van der Waals surface area contributed by atoms with Crippen LogP contribution in [0.5, 0.6) is 0 Å². The van der Waals surface area contributed by atoms with Crippen LogP contribution in [-0.4, -0.2) is 5.91 Å². The predicted octanol–water partition coefficient (Wildman–Crippen LogP) is 2.17. The normalized spacial score (nSPS) is 15.6. The van der Waals surface area contributed by atoms with Crippen molar-refractivity contribution < 1.29 is 18.0 Å². The molecule has 3 N–H and O–H groups in total. The van der Waals surface area contributed by atoms with Crippen molar-refractivity contribution in [1.29, 1.82) is 0 Å². The van der Waals surface area contributed by atoms with Crippen molar-refractivity contribution in [2.24, 2.45) is 0 Å². The van der Waals surface area contributed by atoms with Crippen LogP contribution in [0.1, 0.15) is 17.5 Å². The molecule has 0 radical (unpaired) electrons. The minimum Gasteiger partial charge on any atom is -0.397 e. The number of nitrogens with two attached hydrogens (primary N) is 1. The summed E-state index contributed by atoms with van der Waals surface area (Å²) in [6.07, 6.45) is -3.94. The molecule has 1 aromatic carbocycles. The van der Waals surface area contributed by atoms with Gasteiger partial charge in [0, 0.05) is 6.42 Å². The maximum atomic E-state index is 12.5. The molecule has 1 aromatic rings. The summed E-state index contributed by atoms with van der Waals surface area (Å²) in [4.78, 5) is 11.1. The zero-order chi connectivity index (χ0) is 11.9. The number of hydrogen-bond donors (Lipinski definition) is 2. The zero-order valence-corrected chi connectivity index (χ0v) is 8.19. The quantitative estimate of drug-likeness (QED) is 0.671. The molecule has 1 heterocycles. The van der Waals surface area contributed by atoms with Crippen molar-refractivity contribution in [3.05, 3.63) is 23.3 Å². The molecule has 0 fully saturated rings. The average molecular weight is 230 g/mol. The van der Waals surface area contributed by atoms with Crippen LogP contribution in [0.15, 0.2) is 12.1 Å². The first-order chi connectivity index (χ1) is 7.38. The number of carbonyl (C=O) groups is 1. The van der Waals surface area contributed by atoms with Crippen molar-refractivity contribution in [3.8, 4) is 0 Å². The number of carbonyl (C=O) groups excluding carboxylic acids is 1. The van der Waals surface area contributed by atoms with E-state index < -0.39 is 11.7 Å². The number of aryl methyl sites for hydroxylation is 1. The Hall–Kier alpha value is -1.72. The number of benzene rings is 1. The molecule has 1 aliphatic heterocycles. The lowest BCUT2D eigenvalue weighted by Crippen LogP contribution is -2.21. The first-order valence-corrected chi connectivity index (χ1v) is 4.67. The summed E-state index contributed by atoms with van der Waals surface area (Å²) in [5.74, 6) is -0.223. The van der Waals surface area contributed by atoms with E-state index in [-0.39, 0.29) is 24.4 Å². The standard InChI is InChI=1S/C10H9F3N2O/c11-10(12,13)6-3-5-1-2-8(16)15-9(5)7(14)4-6/h3-4H,1-2,14H2,(H,15,16). The summed E-state index contributed by atoms with van der Waals surface area (Å²) in [6.45, 7) is 0. The summed E-state index contributed by atoms with van der Waals surface area (Å²) >= 11 is 0. The summed E-state index contributed by atoms with van der Waals surface area (Å²) < 4.78 is 37.4. The summed E-state index contributed by atoms with van der Waals surface area (Å²) in [7, 11) is 0. The fraction of sp³-hybridized carbons (Fsp3) is 0.300. The maximum absolute atomic E-state index is 12.5. The largest absolute Gasteiger partial charge is 0.416 e. The van der Waals surface area contributed by atoms with E-state index in [4.69, 9.17) is 5.73 Å². The second-order valence-electron chi connectivity index (χ2n) is 3.65. The van der Waals surface area contributed by atoms with Gasteiger partial charge < -0.3 is 11.1 Å². The number of nitrogens with one attached hydrogen (secondary N) is 1. The Balaban J connectivity index is 2.51. The highest BCUT2D eigenvalue weighted by Crippen LogP contribution is 2.37. The van der Waals surface area contributed by atoms with E-state index in [0.717, 1.165) is 12.1 Å². The number of halogens is 3. The van der Waals surface area contributed by atoms with Crippen LogP contribution in [0.25, 0.3) is 0 Å². The molecule has 3 nitrogen and oxygen atoms in total.